The van der Waals surface area contributed by atoms with Crippen LogP contribution in [0.5, 0.6) is 17.2 Å². The molecule has 0 unspecified atom stereocenters. The third-order valence-corrected chi connectivity index (χ3v) is 3.40. The first-order valence-electron chi connectivity index (χ1n) is 7.83. The molecule has 1 amide bonds. The lowest BCUT2D eigenvalue weighted by Crippen LogP contribution is -2.16. The van der Waals surface area contributed by atoms with Crippen LogP contribution in [0.3, 0.4) is 0 Å². The number of carbonyl (C=O) groups is 1. The fourth-order valence-corrected chi connectivity index (χ4v) is 2.11. The second-order valence-corrected chi connectivity index (χ2v) is 5.31. The molecule has 12 heteroatoms. The maximum absolute atomic E-state index is 11.2. The van der Waals surface area contributed by atoms with Gasteiger partial charge < -0.3 is 9.47 Å². The lowest BCUT2D eigenvalue weighted by Gasteiger charge is -2.11. The number of nitrogens with zero attached hydrogens (tertiary/aromatic N) is 4. The molecule has 148 valence electrons. The Morgan fingerprint density at radius 3 is 2.52 bits per heavy atom. The Bertz CT molecular complexity index is 1030. The molecule has 0 atom stereocenters. The molecule has 0 radical (unpaired) electrons. The highest BCUT2D eigenvalue weighted by molar-refractivity contribution is 5.83. The summed E-state index contributed by atoms with van der Waals surface area (Å²) in [5.74, 6) is -0.453. The van der Waals surface area contributed by atoms with E-state index in [1.165, 1.54) is 31.5 Å². The van der Waals surface area contributed by atoms with Gasteiger partial charge in [0.1, 0.15) is 6.42 Å². The Morgan fingerprint density at radius 2 is 1.90 bits per heavy atom. The maximum Gasteiger partial charge on any atom is 0.318 e. The molecule has 2 aromatic rings. The van der Waals surface area contributed by atoms with Crippen LogP contribution in [-0.2, 0) is 4.79 Å². The number of nitriles is 1. The van der Waals surface area contributed by atoms with Crippen molar-refractivity contribution in [2.75, 3.05) is 7.11 Å². The van der Waals surface area contributed by atoms with Gasteiger partial charge in [-0.3, -0.25) is 25.0 Å². The highest BCUT2D eigenvalue weighted by Gasteiger charge is 2.22. The normalized spacial score (nSPS) is 10.2. The zero-order valence-electron chi connectivity index (χ0n) is 14.9. The molecule has 0 spiro atoms. The van der Waals surface area contributed by atoms with E-state index in [1.54, 1.807) is 6.07 Å². The van der Waals surface area contributed by atoms with Crippen LogP contribution in [-0.4, -0.2) is 29.1 Å². The molecule has 29 heavy (non-hydrogen) atoms. The number of rotatable bonds is 8. The molecule has 0 heterocycles. The van der Waals surface area contributed by atoms with Crippen LogP contribution in [0.15, 0.2) is 41.5 Å². The lowest BCUT2D eigenvalue weighted by atomic mass is 10.2. The largest absolute Gasteiger partial charge is 0.493 e. The number of hydrogen-bond acceptors (Lipinski definition) is 9. The number of methoxy groups -OCH3 is 1. The Labute approximate surface area is 163 Å². The molecule has 0 bridgehead atoms. The monoisotopic (exact) mass is 399 g/mol. The van der Waals surface area contributed by atoms with E-state index >= 15 is 0 Å². The van der Waals surface area contributed by atoms with Gasteiger partial charge in [0.05, 0.1) is 35.3 Å². The van der Waals surface area contributed by atoms with Crippen LogP contribution in [0.4, 0.5) is 11.4 Å². The second-order valence-electron chi connectivity index (χ2n) is 5.31. The number of ether oxygens (including phenoxy) is 2. The van der Waals surface area contributed by atoms with Crippen molar-refractivity contribution in [3.8, 4) is 23.3 Å². The minimum atomic E-state index is -0.792. The topological polar surface area (TPSA) is 170 Å². The first-order valence-corrected chi connectivity index (χ1v) is 7.83. The highest BCUT2D eigenvalue weighted by Crippen LogP contribution is 2.38. The SMILES string of the molecule is COc1cc(C=NNC(=O)CC#N)ccc1Oc1ccc([N+](=O)[O-])cc1[N+](=O)[O-]. The average molecular weight is 399 g/mol. The number of carbonyl (C=O) groups excluding carboxylic acids is 1. The summed E-state index contributed by atoms with van der Waals surface area (Å²) in [5.41, 5.74) is 1.65. The van der Waals surface area contributed by atoms with E-state index < -0.39 is 27.1 Å². The van der Waals surface area contributed by atoms with E-state index in [2.05, 4.69) is 10.5 Å². The molecule has 0 aliphatic rings. The van der Waals surface area contributed by atoms with Gasteiger partial charge in [0, 0.05) is 6.07 Å². The van der Waals surface area contributed by atoms with Crippen LogP contribution < -0.4 is 14.9 Å². The molecule has 12 nitrogen and oxygen atoms in total. The maximum atomic E-state index is 11.2. The van der Waals surface area contributed by atoms with Crippen LogP contribution in [0.2, 0.25) is 0 Å². The van der Waals surface area contributed by atoms with Gasteiger partial charge in [-0.15, -0.1) is 0 Å². The fourth-order valence-electron chi connectivity index (χ4n) is 2.11. The van der Waals surface area contributed by atoms with E-state index in [0.717, 1.165) is 18.2 Å². The Hall–Kier alpha value is -4.53. The number of nitro groups is 2. The van der Waals surface area contributed by atoms with Crippen molar-refractivity contribution in [3.63, 3.8) is 0 Å². The van der Waals surface area contributed by atoms with Gasteiger partial charge in [-0.1, -0.05) is 0 Å². The summed E-state index contributed by atoms with van der Waals surface area (Å²) in [6, 6.07) is 9.16. The van der Waals surface area contributed by atoms with Crippen molar-refractivity contribution >= 4 is 23.5 Å². The first-order chi connectivity index (χ1) is 13.8. The van der Waals surface area contributed by atoms with Gasteiger partial charge in [-0.2, -0.15) is 10.4 Å². The van der Waals surface area contributed by atoms with Crippen molar-refractivity contribution in [3.05, 3.63) is 62.2 Å². The van der Waals surface area contributed by atoms with Gasteiger partial charge in [0.2, 0.25) is 5.75 Å². The summed E-state index contributed by atoms with van der Waals surface area (Å²) in [6.07, 6.45) is 0.970. The first kappa shape index (κ1) is 20.8. The van der Waals surface area contributed by atoms with Crippen LogP contribution in [0, 0.1) is 31.6 Å². The number of nitro benzene ring substituents is 2. The minimum absolute atomic E-state index is 0.120. The van der Waals surface area contributed by atoms with Crippen molar-refractivity contribution in [1.82, 2.24) is 5.43 Å². The number of benzene rings is 2. The highest BCUT2D eigenvalue weighted by atomic mass is 16.6. The Kier molecular flexibility index (Phi) is 6.75. The van der Waals surface area contributed by atoms with Gasteiger partial charge in [0.15, 0.2) is 11.5 Å². The van der Waals surface area contributed by atoms with Crippen molar-refractivity contribution in [1.29, 1.82) is 5.26 Å². The second kappa shape index (κ2) is 9.42. The van der Waals surface area contributed by atoms with Gasteiger partial charge in [-0.05, 0) is 29.8 Å². The summed E-state index contributed by atoms with van der Waals surface area (Å²) in [7, 11) is 1.35. The van der Waals surface area contributed by atoms with Crippen molar-refractivity contribution < 1.29 is 24.1 Å². The zero-order chi connectivity index (χ0) is 21.4. The van der Waals surface area contributed by atoms with Gasteiger partial charge in [-0.25, -0.2) is 5.43 Å². The van der Waals surface area contributed by atoms with E-state index in [4.69, 9.17) is 14.7 Å². The van der Waals surface area contributed by atoms with Crippen LogP contribution in [0.25, 0.3) is 0 Å². The summed E-state index contributed by atoms with van der Waals surface area (Å²) < 4.78 is 10.7. The summed E-state index contributed by atoms with van der Waals surface area (Å²) in [6.45, 7) is 0. The van der Waals surface area contributed by atoms with Crippen LogP contribution >= 0.6 is 0 Å². The Balaban J connectivity index is 2.27. The molecule has 1 N–H and O–H groups in total. The summed E-state index contributed by atoms with van der Waals surface area (Å²) in [5, 5.41) is 34.1. The van der Waals surface area contributed by atoms with Crippen LogP contribution in [0.1, 0.15) is 12.0 Å². The molecule has 0 aliphatic heterocycles. The predicted molar refractivity (Wildman–Crippen MR) is 98.8 cm³/mol. The van der Waals surface area contributed by atoms with Crippen molar-refractivity contribution in [2.24, 2.45) is 5.10 Å². The molecule has 0 saturated carbocycles. The molecular formula is C17H13N5O7. The Morgan fingerprint density at radius 1 is 1.17 bits per heavy atom. The van der Waals surface area contributed by atoms with E-state index in [0.29, 0.717) is 5.56 Å². The summed E-state index contributed by atoms with van der Waals surface area (Å²) >= 11 is 0. The zero-order valence-corrected chi connectivity index (χ0v) is 14.9. The number of non-ortho nitro benzene ring substituents is 1. The number of hydrogen-bond donors (Lipinski definition) is 1. The quantitative estimate of drug-likeness (QED) is 0.401. The fraction of sp³-hybridized carbons (Fsp3) is 0.118. The standard InChI is InChI=1S/C17H13N5O7/c1-28-16-8-11(10-19-20-17(23)6-7-18)2-4-15(16)29-14-5-3-12(21(24)25)9-13(14)22(26)27/h2-5,8-10H,6H2,1H3,(H,20,23). The lowest BCUT2D eigenvalue weighted by molar-refractivity contribution is -0.394. The van der Waals surface area contributed by atoms with Crippen molar-refractivity contribution in [2.45, 2.75) is 6.42 Å². The molecule has 0 aromatic heterocycles. The van der Waals surface area contributed by atoms with E-state index in [1.807, 2.05) is 0 Å². The summed E-state index contributed by atoms with van der Waals surface area (Å²) in [4.78, 5) is 31.7. The molecule has 2 rings (SSSR count). The average Bonchev–Trinajstić information content (AvgIpc) is 2.69. The predicted octanol–water partition coefficient (Wildman–Crippen LogP) is 2.67. The third-order valence-electron chi connectivity index (χ3n) is 3.40. The van der Waals surface area contributed by atoms with E-state index in [9.17, 15) is 25.0 Å². The van der Waals surface area contributed by atoms with E-state index in [-0.39, 0.29) is 23.7 Å². The molecule has 0 aliphatic carbocycles. The molecular weight excluding hydrogens is 386 g/mol. The minimum Gasteiger partial charge on any atom is -0.493 e. The van der Waals surface area contributed by atoms with Gasteiger partial charge in [0.25, 0.3) is 11.6 Å². The smallest absolute Gasteiger partial charge is 0.318 e. The molecule has 2 aromatic carbocycles. The molecule has 0 fully saturated rings. The number of nitrogens with one attached hydrogen (secondary N) is 1. The van der Waals surface area contributed by atoms with Gasteiger partial charge >= 0.3 is 5.69 Å². The molecule has 0 saturated heterocycles. The number of hydrazone groups is 1. The number of amides is 1. The third kappa shape index (κ3) is 5.47.